The van der Waals surface area contributed by atoms with Crippen LogP contribution in [0, 0.1) is 13.8 Å². The van der Waals surface area contributed by atoms with Crippen LogP contribution in [0.2, 0.25) is 0 Å². The predicted molar refractivity (Wildman–Crippen MR) is 83.7 cm³/mol. The molecule has 2 aromatic heterocycles. The molecule has 0 spiro atoms. The molecule has 1 atom stereocenters. The lowest BCUT2D eigenvalue weighted by atomic mass is 10.1. The molecule has 0 radical (unpaired) electrons. The van der Waals surface area contributed by atoms with E-state index in [1.807, 2.05) is 0 Å². The van der Waals surface area contributed by atoms with Gasteiger partial charge in [0.2, 0.25) is 0 Å². The van der Waals surface area contributed by atoms with E-state index in [-0.39, 0.29) is 0 Å². The van der Waals surface area contributed by atoms with Crippen LogP contribution in [0.4, 0.5) is 5.82 Å². The second-order valence-corrected chi connectivity index (χ2v) is 6.22. The van der Waals surface area contributed by atoms with Gasteiger partial charge >= 0.3 is 0 Å². The largest absolute Gasteiger partial charge is 0.354 e. The van der Waals surface area contributed by atoms with E-state index in [1.165, 1.54) is 5.69 Å². The predicted octanol–water partition coefficient (Wildman–Crippen LogP) is 2.86. The molecule has 3 rings (SSSR count). The Balaban J connectivity index is 1.78. The van der Waals surface area contributed by atoms with Crippen molar-refractivity contribution in [1.29, 1.82) is 0 Å². The van der Waals surface area contributed by atoms with Crippen molar-refractivity contribution in [3.8, 4) is 0 Å². The van der Waals surface area contributed by atoms with Gasteiger partial charge in [0.05, 0.1) is 11.7 Å². The minimum Gasteiger partial charge on any atom is -0.354 e. The zero-order valence-corrected chi connectivity index (χ0v) is 13.2. The van der Waals surface area contributed by atoms with Crippen LogP contribution in [0.1, 0.15) is 49.3 Å². The normalized spacial score (nSPS) is 18.7. The smallest absolute Gasteiger partial charge is 0.132 e. The molecule has 1 saturated heterocycles. The van der Waals surface area contributed by atoms with Crippen LogP contribution in [0.3, 0.4) is 0 Å². The van der Waals surface area contributed by atoms with E-state index in [4.69, 9.17) is 0 Å². The molecule has 0 aromatic carbocycles. The number of hydrogen-bond donors (Lipinski definition) is 0. The fraction of sp³-hybridized carbons (Fsp3) is 0.562. The molecule has 1 fully saturated rings. The standard InChI is InChI=1S/C16H23N5/c1-11(2)15-8-16(18-10-17-15)20-6-5-14(9-20)21-13(4)7-12(3)19-21/h7-8,10-11,14H,5-6,9H2,1-4H3/t14-/m1/s1. The topological polar surface area (TPSA) is 46.8 Å². The molecule has 0 saturated carbocycles. The third-order valence-corrected chi connectivity index (χ3v) is 4.14. The van der Waals surface area contributed by atoms with Crippen LogP contribution in [0.5, 0.6) is 0 Å². The molecule has 5 heteroatoms. The molecule has 112 valence electrons. The average molecular weight is 285 g/mol. The number of nitrogens with zero attached hydrogens (tertiary/aromatic N) is 5. The Hall–Kier alpha value is -1.91. The van der Waals surface area contributed by atoms with Crippen LogP contribution < -0.4 is 4.90 Å². The zero-order valence-electron chi connectivity index (χ0n) is 13.2. The van der Waals surface area contributed by atoms with E-state index in [0.29, 0.717) is 12.0 Å². The van der Waals surface area contributed by atoms with Gasteiger partial charge in [-0.1, -0.05) is 13.8 Å². The van der Waals surface area contributed by atoms with E-state index in [9.17, 15) is 0 Å². The highest BCUT2D eigenvalue weighted by molar-refractivity contribution is 5.41. The summed E-state index contributed by atoms with van der Waals surface area (Å²) in [6, 6.07) is 4.70. The number of rotatable bonds is 3. The van der Waals surface area contributed by atoms with E-state index in [1.54, 1.807) is 6.33 Å². The van der Waals surface area contributed by atoms with E-state index in [2.05, 4.69) is 64.5 Å². The van der Waals surface area contributed by atoms with E-state index in [0.717, 1.165) is 36.7 Å². The van der Waals surface area contributed by atoms with Gasteiger partial charge in [0.1, 0.15) is 12.1 Å². The first kappa shape index (κ1) is 14.0. The lowest BCUT2D eigenvalue weighted by Gasteiger charge is -2.19. The molecule has 2 aromatic rings. The SMILES string of the molecule is Cc1cc(C)n([C@@H]2CCN(c3cc(C(C)C)ncn3)C2)n1. The lowest BCUT2D eigenvalue weighted by molar-refractivity contribution is 0.481. The highest BCUT2D eigenvalue weighted by atomic mass is 15.3. The quantitative estimate of drug-likeness (QED) is 0.870. The molecular formula is C16H23N5. The third kappa shape index (κ3) is 2.77. The van der Waals surface area contributed by atoms with Gasteiger partial charge in [0.25, 0.3) is 0 Å². The summed E-state index contributed by atoms with van der Waals surface area (Å²) in [5.74, 6) is 1.47. The molecule has 1 aliphatic rings. The molecule has 0 amide bonds. The molecule has 5 nitrogen and oxygen atoms in total. The number of aromatic nitrogens is 4. The van der Waals surface area contributed by atoms with Gasteiger partial charge in [-0.2, -0.15) is 5.10 Å². The minimum atomic E-state index is 0.432. The Morgan fingerprint density at radius 3 is 2.67 bits per heavy atom. The molecule has 3 heterocycles. The summed E-state index contributed by atoms with van der Waals surface area (Å²) < 4.78 is 2.17. The Morgan fingerprint density at radius 2 is 2.00 bits per heavy atom. The van der Waals surface area contributed by atoms with Crippen molar-refractivity contribution in [2.24, 2.45) is 0 Å². The van der Waals surface area contributed by atoms with Crippen molar-refractivity contribution in [2.75, 3.05) is 18.0 Å². The van der Waals surface area contributed by atoms with Gasteiger partial charge in [-0.25, -0.2) is 9.97 Å². The van der Waals surface area contributed by atoms with Crippen LogP contribution >= 0.6 is 0 Å². The van der Waals surface area contributed by atoms with Crippen molar-refractivity contribution in [3.05, 3.63) is 35.5 Å². The molecule has 1 aliphatic heterocycles. The summed E-state index contributed by atoms with van der Waals surface area (Å²) in [7, 11) is 0. The summed E-state index contributed by atoms with van der Waals surface area (Å²) in [6.45, 7) is 10.5. The van der Waals surface area contributed by atoms with Crippen molar-refractivity contribution in [1.82, 2.24) is 19.7 Å². The Kier molecular flexibility index (Phi) is 3.66. The Bertz CT molecular complexity index is 631. The summed E-state index contributed by atoms with van der Waals surface area (Å²) in [4.78, 5) is 11.1. The highest BCUT2D eigenvalue weighted by Gasteiger charge is 2.26. The van der Waals surface area contributed by atoms with E-state index >= 15 is 0 Å². The average Bonchev–Trinajstić information content (AvgIpc) is 3.05. The summed E-state index contributed by atoms with van der Waals surface area (Å²) in [6.07, 6.45) is 2.80. The molecule has 0 N–H and O–H groups in total. The lowest BCUT2D eigenvalue weighted by Crippen LogP contribution is -2.23. The second kappa shape index (κ2) is 5.47. The van der Waals surface area contributed by atoms with Crippen LogP contribution in [-0.4, -0.2) is 32.8 Å². The minimum absolute atomic E-state index is 0.432. The number of anilines is 1. The number of aryl methyl sites for hydroxylation is 2. The molecule has 0 unspecified atom stereocenters. The summed E-state index contributed by atoms with van der Waals surface area (Å²) in [5.41, 5.74) is 3.44. The van der Waals surface area contributed by atoms with Crippen LogP contribution in [0.25, 0.3) is 0 Å². The monoisotopic (exact) mass is 285 g/mol. The first-order chi connectivity index (χ1) is 10.0. The van der Waals surface area contributed by atoms with Crippen LogP contribution in [-0.2, 0) is 0 Å². The van der Waals surface area contributed by atoms with Gasteiger partial charge in [0.15, 0.2) is 0 Å². The van der Waals surface area contributed by atoms with E-state index < -0.39 is 0 Å². The summed E-state index contributed by atoms with van der Waals surface area (Å²) in [5, 5.41) is 4.62. The van der Waals surface area contributed by atoms with Gasteiger partial charge in [-0.3, -0.25) is 4.68 Å². The van der Waals surface area contributed by atoms with Crippen molar-refractivity contribution >= 4 is 5.82 Å². The van der Waals surface area contributed by atoms with Gasteiger partial charge in [0, 0.05) is 30.5 Å². The van der Waals surface area contributed by atoms with Gasteiger partial charge in [-0.05, 0) is 32.3 Å². The highest BCUT2D eigenvalue weighted by Crippen LogP contribution is 2.27. The maximum atomic E-state index is 4.62. The summed E-state index contributed by atoms with van der Waals surface area (Å²) >= 11 is 0. The maximum absolute atomic E-state index is 4.62. The Labute approximate surface area is 126 Å². The van der Waals surface area contributed by atoms with Crippen molar-refractivity contribution in [2.45, 2.75) is 46.1 Å². The first-order valence-electron chi connectivity index (χ1n) is 7.64. The van der Waals surface area contributed by atoms with Crippen LogP contribution in [0.15, 0.2) is 18.5 Å². The number of hydrogen-bond acceptors (Lipinski definition) is 4. The van der Waals surface area contributed by atoms with Gasteiger partial charge < -0.3 is 4.90 Å². The Morgan fingerprint density at radius 1 is 1.19 bits per heavy atom. The fourth-order valence-corrected chi connectivity index (χ4v) is 3.02. The van der Waals surface area contributed by atoms with Gasteiger partial charge in [-0.15, -0.1) is 0 Å². The molecule has 21 heavy (non-hydrogen) atoms. The molecular weight excluding hydrogens is 262 g/mol. The second-order valence-electron chi connectivity index (χ2n) is 6.22. The first-order valence-corrected chi connectivity index (χ1v) is 7.64. The molecule has 0 bridgehead atoms. The van der Waals surface area contributed by atoms with Crippen molar-refractivity contribution in [3.63, 3.8) is 0 Å². The molecule has 0 aliphatic carbocycles. The maximum Gasteiger partial charge on any atom is 0.132 e. The fourth-order valence-electron chi connectivity index (χ4n) is 3.02. The zero-order chi connectivity index (χ0) is 15.0. The van der Waals surface area contributed by atoms with Crippen molar-refractivity contribution < 1.29 is 0 Å². The third-order valence-electron chi connectivity index (χ3n) is 4.14.